The molecule has 12 heteroatoms. The van der Waals surface area contributed by atoms with Gasteiger partial charge in [-0.1, -0.05) is 0 Å². The second kappa shape index (κ2) is 7.97. The van der Waals surface area contributed by atoms with Gasteiger partial charge in [-0.25, -0.2) is 9.97 Å². The molecule has 0 aliphatic heterocycles. The number of anilines is 1. The predicted molar refractivity (Wildman–Crippen MR) is 114 cm³/mol. The van der Waals surface area contributed by atoms with Crippen molar-refractivity contribution in [3.8, 4) is 17.1 Å². The molecule has 1 amide bonds. The fourth-order valence-electron chi connectivity index (χ4n) is 2.85. The monoisotopic (exact) mass is 583 g/mol. The van der Waals surface area contributed by atoms with Gasteiger partial charge in [0.15, 0.2) is 0 Å². The molecule has 0 saturated carbocycles. The van der Waals surface area contributed by atoms with Crippen LogP contribution in [0.2, 0.25) is 0 Å². The molecule has 0 saturated heterocycles. The zero-order valence-corrected chi connectivity index (χ0v) is 18.8. The van der Waals surface area contributed by atoms with Crippen molar-refractivity contribution in [3.63, 3.8) is 0 Å². The minimum atomic E-state index is -4.52. The van der Waals surface area contributed by atoms with Crippen LogP contribution in [-0.2, 0) is 7.05 Å². The average Bonchev–Trinajstić information content (AvgIpc) is 2.94. The summed E-state index contributed by atoms with van der Waals surface area (Å²) in [7, 11) is 3.14. The predicted octanol–water partition coefficient (Wildman–Crippen LogP) is 3.89. The Morgan fingerprint density at radius 2 is 2.10 bits per heavy atom. The number of aryl methyl sites for hydroxylation is 1. The third kappa shape index (κ3) is 4.13. The number of nitrogens with two attached hydrogens (primary N) is 1. The Morgan fingerprint density at radius 1 is 1.41 bits per heavy atom. The lowest BCUT2D eigenvalue weighted by molar-refractivity contribution is -0.123. The summed E-state index contributed by atoms with van der Waals surface area (Å²) in [5, 5.41) is 2.47. The van der Waals surface area contributed by atoms with E-state index in [1.165, 1.54) is 19.2 Å². The first-order valence-electron chi connectivity index (χ1n) is 8.03. The molecule has 0 aliphatic carbocycles. The third-order valence-electron chi connectivity index (χ3n) is 4.13. The Bertz CT molecular complexity index is 1120. The zero-order chi connectivity index (χ0) is 21.5. The number of nitrogens with one attached hydrogen (secondary N) is 1. The van der Waals surface area contributed by atoms with Crippen LogP contribution in [0.15, 0.2) is 22.8 Å². The van der Waals surface area contributed by atoms with Crippen molar-refractivity contribution in [2.75, 3.05) is 19.4 Å². The van der Waals surface area contributed by atoms with Gasteiger partial charge < -0.3 is 20.4 Å². The van der Waals surface area contributed by atoms with E-state index in [0.29, 0.717) is 22.5 Å². The highest BCUT2D eigenvalue weighted by atomic mass is 127. The number of aromatic nitrogens is 3. The van der Waals surface area contributed by atoms with Crippen LogP contribution in [0.5, 0.6) is 5.88 Å². The summed E-state index contributed by atoms with van der Waals surface area (Å²) in [5.41, 5.74) is 7.91. The number of nitrogen functional groups attached to an aromatic ring is 1. The molecule has 0 aromatic carbocycles. The minimum absolute atomic E-state index is 0.100. The molecule has 3 rings (SSSR count). The van der Waals surface area contributed by atoms with Crippen LogP contribution in [0.4, 0.5) is 19.0 Å². The zero-order valence-electron chi connectivity index (χ0n) is 15.1. The number of ether oxygens (including phenoxy) is 1. The largest absolute Gasteiger partial charge is 0.480 e. The number of fused-ring (bicyclic) bond motifs is 1. The Kier molecular flexibility index (Phi) is 5.94. The number of nitrogens with zero attached hydrogens (tertiary/aromatic N) is 3. The molecule has 0 unspecified atom stereocenters. The Labute approximate surface area is 185 Å². The fourth-order valence-corrected chi connectivity index (χ4v) is 4.21. The molecule has 3 N–H and O–H groups in total. The second-order valence-corrected chi connectivity index (χ2v) is 7.87. The SMILES string of the molecule is COc1nc(-c2c(I)n(C)c3c(Br)cnc(N)c23)ccc1C(=O)NCC(F)(F)F. The van der Waals surface area contributed by atoms with Gasteiger partial charge in [-0.05, 0) is 50.7 Å². The second-order valence-electron chi connectivity index (χ2n) is 5.99. The lowest BCUT2D eigenvalue weighted by Gasteiger charge is -2.12. The van der Waals surface area contributed by atoms with Crippen LogP contribution in [0, 0.1) is 3.70 Å². The highest BCUT2D eigenvalue weighted by Crippen LogP contribution is 2.40. The quantitative estimate of drug-likeness (QED) is 0.455. The molecule has 0 spiro atoms. The molecule has 0 fully saturated rings. The molecular formula is C17H14BrF3IN5O2. The van der Waals surface area contributed by atoms with Crippen molar-refractivity contribution in [1.82, 2.24) is 19.9 Å². The van der Waals surface area contributed by atoms with Gasteiger partial charge in [0.1, 0.15) is 17.9 Å². The van der Waals surface area contributed by atoms with Crippen LogP contribution in [0.1, 0.15) is 10.4 Å². The maximum atomic E-state index is 12.4. The van der Waals surface area contributed by atoms with Crippen LogP contribution in [0.3, 0.4) is 0 Å². The highest BCUT2D eigenvalue weighted by molar-refractivity contribution is 14.1. The van der Waals surface area contributed by atoms with Gasteiger partial charge in [0.25, 0.3) is 5.91 Å². The molecule has 29 heavy (non-hydrogen) atoms. The number of rotatable bonds is 4. The summed E-state index contributed by atoms with van der Waals surface area (Å²) in [4.78, 5) is 20.6. The minimum Gasteiger partial charge on any atom is -0.480 e. The Morgan fingerprint density at radius 3 is 2.72 bits per heavy atom. The molecule has 0 aliphatic rings. The molecular weight excluding hydrogens is 570 g/mol. The summed E-state index contributed by atoms with van der Waals surface area (Å²) in [6.45, 7) is -1.45. The van der Waals surface area contributed by atoms with Crippen molar-refractivity contribution in [2.24, 2.45) is 7.05 Å². The molecule has 3 aromatic rings. The van der Waals surface area contributed by atoms with Gasteiger partial charge in [0, 0.05) is 18.8 Å². The number of hydrogen-bond acceptors (Lipinski definition) is 5. The van der Waals surface area contributed by atoms with E-state index >= 15 is 0 Å². The summed E-state index contributed by atoms with van der Waals surface area (Å²) in [5.74, 6) is -0.740. The number of carbonyl (C=O) groups excluding carboxylic acids is 1. The summed E-state index contributed by atoms with van der Waals surface area (Å²) < 4.78 is 45.7. The Hall–Kier alpha value is -2.09. The standard InChI is InChI=1S/C17H14BrF3IN5O2/c1-27-12-8(18)5-24-14(23)11(12)10(13(27)22)9-4-3-7(16(26-9)29-2)15(28)25-6-17(19,20)21/h3-5H,6H2,1-2H3,(H2,23,24)(H,25,28). The van der Waals surface area contributed by atoms with Gasteiger partial charge in [0.05, 0.1) is 31.9 Å². The van der Waals surface area contributed by atoms with Crippen molar-refractivity contribution >= 4 is 61.1 Å². The van der Waals surface area contributed by atoms with E-state index in [-0.39, 0.29) is 11.4 Å². The molecule has 3 heterocycles. The molecule has 7 nitrogen and oxygen atoms in total. The number of alkyl halides is 3. The topological polar surface area (TPSA) is 95.1 Å². The molecule has 0 atom stereocenters. The summed E-state index contributed by atoms with van der Waals surface area (Å²) in [6.07, 6.45) is -2.92. The fraction of sp³-hybridized carbons (Fsp3) is 0.235. The molecule has 3 aromatic heterocycles. The summed E-state index contributed by atoms with van der Waals surface area (Å²) in [6, 6.07) is 2.89. The van der Waals surface area contributed by atoms with E-state index in [2.05, 4.69) is 48.5 Å². The van der Waals surface area contributed by atoms with Gasteiger partial charge in [-0.3, -0.25) is 4.79 Å². The number of hydrogen-bond donors (Lipinski definition) is 2. The number of methoxy groups -OCH3 is 1. The van der Waals surface area contributed by atoms with Crippen LogP contribution in [-0.4, -0.2) is 40.3 Å². The van der Waals surface area contributed by atoms with Crippen molar-refractivity contribution in [2.45, 2.75) is 6.18 Å². The molecule has 0 radical (unpaired) electrons. The van der Waals surface area contributed by atoms with E-state index in [0.717, 1.165) is 13.7 Å². The van der Waals surface area contributed by atoms with E-state index in [9.17, 15) is 18.0 Å². The number of pyridine rings is 2. The maximum absolute atomic E-state index is 12.4. The maximum Gasteiger partial charge on any atom is 0.405 e. The normalized spacial score (nSPS) is 11.7. The number of carbonyl (C=O) groups is 1. The van der Waals surface area contributed by atoms with Crippen molar-refractivity contribution in [1.29, 1.82) is 0 Å². The first-order valence-corrected chi connectivity index (χ1v) is 9.90. The summed E-state index contributed by atoms with van der Waals surface area (Å²) >= 11 is 5.60. The average molecular weight is 584 g/mol. The van der Waals surface area contributed by atoms with E-state index in [1.807, 2.05) is 16.9 Å². The Balaban J connectivity index is 2.11. The van der Waals surface area contributed by atoms with Gasteiger partial charge in [-0.15, -0.1) is 0 Å². The van der Waals surface area contributed by atoms with Crippen LogP contribution in [0.25, 0.3) is 22.2 Å². The van der Waals surface area contributed by atoms with Crippen LogP contribution < -0.4 is 15.8 Å². The lowest BCUT2D eigenvalue weighted by Crippen LogP contribution is -2.34. The molecule has 154 valence electrons. The third-order valence-corrected chi connectivity index (χ3v) is 5.97. The van der Waals surface area contributed by atoms with Gasteiger partial charge >= 0.3 is 6.18 Å². The van der Waals surface area contributed by atoms with E-state index in [1.54, 1.807) is 6.20 Å². The smallest absolute Gasteiger partial charge is 0.405 e. The lowest BCUT2D eigenvalue weighted by atomic mass is 10.1. The van der Waals surface area contributed by atoms with Crippen molar-refractivity contribution < 1.29 is 22.7 Å². The van der Waals surface area contributed by atoms with Crippen molar-refractivity contribution in [3.05, 3.63) is 32.1 Å². The van der Waals surface area contributed by atoms with E-state index in [4.69, 9.17) is 10.5 Å². The first-order chi connectivity index (χ1) is 13.5. The first kappa shape index (κ1) is 21.6. The van der Waals surface area contributed by atoms with Gasteiger partial charge in [-0.2, -0.15) is 13.2 Å². The van der Waals surface area contributed by atoms with Crippen LogP contribution >= 0.6 is 38.5 Å². The number of amides is 1. The molecule has 0 bridgehead atoms. The van der Waals surface area contributed by atoms with E-state index < -0.39 is 18.6 Å². The van der Waals surface area contributed by atoms with Gasteiger partial charge in [0.2, 0.25) is 5.88 Å². The highest BCUT2D eigenvalue weighted by Gasteiger charge is 2.29. The number of halogens is 5.